The molecule has 30 heavy (non-hydrogen) atoms. The number of sulfonamides is 1. The molecule has 0 aliphatic rings. The van der Waals surface area contributed by atoms with E-state index >= 15 is 0 Å². The number of carbonyl (C=O) groups excluding carboxylic acids is 1. The van der Waals surface area contributed by atoms with E-state index < -0.39 is 10.0 Å². The summed E-state index contributed by atoms with van der Waals surface area (Å²) >= 11 is 0. The van der Waals surface area contributed by atoms with Crippen LogP contribution in [0.25, 0.3) is 0 Å². The zero-order chi connectivity index (χ0) is 21.6. The largest absolute Gasteiger partial charge is 0.438 e. The highest BCUT2D eigenvalue weighted by atomic mass is 32.2. The Morgan fingerprint density at radius 2 is 1.73 bits per heavy atom. The Bertz CT molecular complexity index is 1100. The van der Waals surface area contributed by atoms with Crippen LogP contribution in [0.5, 0.6) is 11.6 Å². The molecule has 0 aliphatic carbocycles. The van der Waals surface area contributed by atoms with Crippen molar-refractivity contribution in [3.05, 3.63) is 78.5 Å². The third kappa shape index (κ3) is 5.36. The van der Waals surface area contributed by atoms with Crippen molar-refractivity contribution in [3.8, 4) is 11.6 Å². The molecule has 1 heterocycles. The van der Waals surface area contributed by atoms with E-state index in [0.29, 0.717) is 17.0 Å². The van der Waals surface area contributed by atoms with Gasteiger partial charge in [0, 0.05) is 17.9 Å². The first kappa shape index (κ1) is 21.3. The van der Waals surface area contributed by atoms with Gasteiger partial charge in [-0.1, -0.05) is 25.1 Å². The molecule has 0 saturated heterocycles. The minimum Gasteiger partial charge on any atom is -0.438 e. The number of benzene rings is 2. The third-order valence-corrected chi connectivity index (χ3v) is 5.78. The average Bonchev–Trinajstić information content (AvgIpc) is 2.76. The molecule has 0 bridgehead atoms. The first-order valence-electron chi connectivity index (χ1n) is 9.50. The second-order valence-electron chi connectivity index (χ2n) is 6.68. The number of rotatable bonds is 8. The van der Waals surface area contributed by atoms with Gasteiger partial charge in [0.05, 0.1) is 4.90 Å². The summed E-state index contributed by atoms with van der Waals surface area (Å²) in [6.07, 6.45) is 2.35. The van der Waals surface area contributed by atoms with Crippen molar-refractivity contribution >= 4 is 21.6 Å². The topological polar surface area (TPSA) is 97.4 Å². The highest BCUT2D eigenvalue weighted by molar-refractivity contribution is 7.92. The number of carbonyl (C=O) groups is 1. The fraction of sp³-hybridized carbons (Fsp3) is 0.182. The van der Waals surface area contributed by atoms with Gasteiger partial charge in [-0.05, 0) is 61.9 Å². The zero-order valence-corrected chi connectivity index (χ0v) is 17.5. The Kier molecular flexibility index (Phi) is 6.68. The molecule has 2 aromatic carbocycles. The van der Waals surface area contributed by atoms with Crippen molar-refractivity contribution < 1.29 is 17.9 Å². The Morgan fingerprint density at radius 1 is 1.03 bits per heavy atom. The number of hydrogen-bond acceptors (Lipinski definition) is 5. The van der Waals surface area contributed by atoms with Crippen LogP contribution in [0.3, 0.4) is 0 Å². The molecule has 0 radical (unpaired) electrons. The van der Waals surface area contributed by atoms with E-state index in [2.05, 4.69) is 15.0 Å². The number of nitrogens with one attached hydrogen (secondary N) is 2. The molecule has 8 heteroatoms. The lowest BCUT2D eigenvalue weighted by atomic mass is 10.2. The summed E-state index contributed by atoms with van der Waals surface area (Å²) in [5.41, 5.74) is 0.716. The van der Waals surface area contributed by atoms with Crippen molar-refractivity contribution in [1.82, 2.24) is 10.3 Å². The van der Waals surface area contributed by atoms with Crippen molar-refractivity contribution in [3.63, 3.8) is 0 Å². The van der Waals surface area contributed by atoms with Crippen LogP contribution in [0.2, 0.25) is 0 Å². The quantitative estimate of drug-likeness (QED) is 0.564. The molecule has 3 aromatic rings. The van der Waals surface area contributed by atoms with E-state index in [1.54, 1.807) is 54.6 Å². The predicted octanol–water partition coefficient (Wildman–Crippen LogP) is 4.20. The highest BCUT2D eigenvalue weighted by Crippen LogP contribution is 2.25. The average molecular weight is 426 g/mol. The molecule has 0 spiro atoms. The van der Waals surface area contributed by atoms with Gasteiger partial charge in [0.15, 0.2) is 0 Å². The molecular weight excluding hydrogens is 402 g/mol. The number of anilines is 1. The fourth-order valence-electron chi connectivity index (χ4n) is 2.56. The van der Waals surface area contributed by atoms with Gasteiger partial charge < -0.3 is 10.1 Å². The maximum atomic E-state index is 12.5. The number of hydrogen-bond donors (Lipinski definition) is 2. The minimum absolute atomic E-state index is 0.0301. The first-order chi connectivity index (χ1) is 14.4. The minimum atomic E-state index is -3.67. The number of amides is 1. The highest BCUT2D eigenvalue weighted by Gasteiger charge is 2.16. The lowest BCUT2D eigenvalue weighted by Gasteiger charge is -2.14. The Balaban J connectivity index is 1.73. The number of pyridine rings is 1. The zero-order valence-electron chi connectivity index (χ0n) is 16.7. The second kappa shape index (κ2) is 9.41. The molecule has 0 fully saturated rings. The smallest absolute Gasteiger partial charge is 0.261 e. The lowest BCUT2D eigenvalue weighted by molar-refractivity contribution is 0.0936. The molecule has 3 rings (SSSR count). The third-order valence-electron chi connectivity index (χ3n) is 4.38. The molecular formula is C22H23N3O4S. The van der Waals surface area contributed by atoms with Crippen LogP contribution >= 0.6 is 0 Å². The van der Waals surface area contributed by atoms with Gasteiger partial charge >= 0.3 is 0 Å². The van der Waals surface area contributed by atoms with Crippen molar-refractivity contribution in [2.45, 2.75) is 31.2 Å². The van der Waals surface area contributed by atoms with E-state index in [1.165, 1.54) is 18.3 Å². The Labute approximate surface area is 176 Å². The van der Waals surface area contributed by atoms with Crippen molar-refractivity contribution in [2.75, 3.05) is 4.72 Å². The molecule has 1 atom stereocenters. The summed E-state index contributed by atoms with van der Waals surface area (Å²) in [5, 5.41) is 2.89. The van der Waals surface area contributed by atoms with E-state index in [1.807, 2.05) is 13.8 Å². The van der Waals surface area contributed by atoms with Crippen LogP contribution in [-0.4, -0.2) is 25.4 Å². The Morgan fingerprint density at radius 3 is 2.40 bits per heavy atom. The first-order valence-corrected chi connectivity index (χ1v) is 11.0. The molecule has 7 nitrogen and oxygen atoms in total. The normalized spacial score (nSPS) is 12.1. The maximum Gasteiger partial charge on any atom is 0.261 e. The Hall–Kier alpha value is -3.39. The van der Waals surface area contributed by atoms with Crippen LogP contribution in [0.1, 0.15) is 30.6 Å². The predicted molar refractivity (Wildman–Crippen MR) is 115 cm³/mol. The maximum absolute atomic E-state index is 12.5. The van der Waals surface area contributed by atoms with E-state index in [-0.39, 0.29) is 22.7 Å². The van der Waals surface area contributed by atoms with Gasteiger partial charge in [-0.3, -0.25) is 9.52 Å². The standard InChI is InChI=1S/C22H23N3O4S/c1-3-16(2)24-21(26)20-10-7-15-23-22(20)29-18-13-11-17(12-14-18)25-30(27,28)19-8-5-4-6-9-19/h4-16,25H,3H2,1-2H3,(H,24,26). The van der Waals surface area contributed by atoms with Crippen LogP contribution in [0.15, 0.2) is 77.8 Å². The van der Waals surface area contributed by atoms with Gasteiger partial charge in [0.2, 0.25) is 5.88 Å². The molecule has 0 aliphatic heterocycles. The van der Waals surface area contributed by atoms with E-state index in [0.717, 1.165) is 6.42 Å². The van der Waals surface area contributed by atoms with E-state index in [9.17, 15) is 13.2 Å². The monoisotopic (exact) mass is 425 g/mol. The SMILES string of the molecule is CCC(C)NC(=O)c1cccnc1Oc1ccc(NS(=O)(=O)c2ccccc2)cc1. The molecule has 2 N–H and O–H groups in total. The van der Waals surface area contributed by atoms with Gasteiger partial charge in [-0.15, -0.1) is 0 Å². The van der Waals surface area contributed by atoms with Gasteiger partial charge in [-0.25, -0.2) is 13.4 Å². The van der Waals surface area contributed by atoms with E-state index in [4.69, 9.17) is 4.74 Å². The molecule has 1 amide bonds. The summed E-state index contributed by atoms with van der Waals surface area (Å²) in [4.78, 5) is 16.8. The van der Waals surface area contributed by atoms with Gasteiger partial charge in [0.25, 0.3) is 15.9 Å². The summed E-state index contributed by atoms with van der Waals surface area (Å²) in [6, 6.07) is 17.8. The van der Waals surface area contributed by atoms with Gasteiger partial charge in [-0.2, -0.15) is 0 Å². The second-order valence-corrected chi connectivity index (χ2v) is 8.37. The molecule has 1 unspecified atom stereocenters. The van der Waals surface area contributed by atoms with Crippen molar-refractivity contribution in [1.29, 1.82) is 0 Å². The van der Waals surface area contributed by atoms with Crippen LogP contribution in [0.4, 0.5) is 5.69 Å². The van der Waals surface area contributed by atoms with Crippen LogP contribution in [-0.2, 0) is 10.0 Å². The summed E-state index contributed by atoms with van der Waals surface area (Å²) in [5.74, 6) is 0.338. The fourth-order valence-corrected chi connectivity index (χ4v) is 3.64. The van der Waals surface area contributed by atoms with Crippen LogP contribution < -0.4 is 14.8 Å². The summed E-state index contributed by atoms with van der Waals surface area (Å²) < 4.78 is 33.1. The number of aromatic nitrogens is 1. The molecule has 1 aromatic heterocycles. The molecule has 0 saturated carbocycles. The van der Waals surface area contributed by atoms with Crippen LogP contribution in [0, 0.1) is 0 Å². The molecule has 156 valence electrons. The number of nitrogens with zero attached hydrogens (tertiary/aromatic N) is 1. The summed E-state index contributed by atoms with van der Waals surface area (Å²) in [7, 11) is -3.67. The number of ether oxygens (including phenoxy) is 1. The lowest BCUT2D eigenvalue weighted by Crippen LogP contribution is -2.32. The van der Waals surface area contributed by atoms with Gasteiger partial charge in [0.1, 0.15) is 11.3 Å². The summed E-state index contributed by atoms with van der Waals surface area (Å²) in [6.45, 7) is 3.91. The van der Waals surface area contributed by atoms with Crippen molar-refractivity contribution in [2.24, 2.45) is 0 Å².